The maximum Gasteiger partial charge on any atom is 0.417 e. The molecular formula is C22H31ClN6O6. The second kappa shape index (κ2) is 14.6. The Bertz CT molecular complexity index is 924. The van der Waals surface area contributed by atoms with E-state index >= 15 is 0 Å². The van der Waals surface area contributed by atoms with E-state index in [1.54, 1.807) is 24.3 Å². The molecule has 192 valence electrons. The lowest BCUT2D eigenvalue weighted by Gasteiger charge is -2.24. The fourth-order valence-electron chi connectivity index (χ4n) is 3.33. The van der Waals surface area contributed by atoms with Gasteiger partial charge in [0.05, 0.1) is 6.04 Å². The first kappa shape index (κ1) is 29.4. The van der Waals surface area contributed by atoms with Crippen molar-refractivity contribution >= 4 is 48.5 Å². The number of aliphatic imine (C=N–C) groups is 1. The third-order valence-corrected chi connectivity index (χ3v) is 5.13. The van der Waals surface area contributed by atoms with Gasteiger partial charge in [0.15, 0.2) is 5.96 Å². The number of ether oxygens (including phenoxy) is 1. The van der Waals surface area contributed by atoms with E-state index in [9.17, 15) is 24.0 Å². The van der Waals surface area contributed by atoms with E-state index in [4.69, 9.17) is 16.2 Å². The first-order valence-corrected chi connectivity index (χ1v) is 10.9. The minimum Gasteiger partial charge on any atom is -0.444 e. The summed E-state index contributed by atoms with van der Waals surface area (Å²) in [6.07, 6.45) is 0.549. The molecule has 4 amide bonds. The fraction of sp³-hybridized carbons (Fsp3) is 0.455. The number of guanidine groups is 1. The van der Waals surface area contributed by atoms with Gasteiger partial charge in [0, 0.05) is 13.0 Å². The summed E-state index contributed by atoms with van der Waals surface area (Å²) in [6, 6.07) is 6.03. The average molecular weight is 511 g/mol. The molecule has 0 saturated carbocycles. The summed E-state index contributed by atoms with van der Waals surface area (Å²) in [5.74, 6) is -1.85. The SMILES string of the molecule is C[C@H](NC(=O)[C@@H]1CCC(=O)N1C(=O)OCc1ccccc1)C(=O)N[C@H](C=O)CCCN=C(N)N.Cl. The van der Waals surface area contributed by atoms with Gasteiger partial charge in [-0.2, -0.15) is 0 Å². The van der Waals surface area contributed by atoms with Crippen molar-refractivity contribution in [1.82, 2.24) is 15.5 Å². The van der Waals surface area contributed by atoms with Crippen LogP contribution in [0.3, 0.4) is 0 Å². The van der Waals surface area contributed by atoms with Crippen LogP contribution in [0.1, 0.15) is 38.2 Å². The van der Waals surface area contributed by atoms with Gasteiger partial charge in [-0.05, 0) is 31.7 Å². The Labute approximate surface area is 209 Å². The van der Waals surface area contributed by atoms with Crippen LogP contribution in [0.25, 0.3) is 0 Å². The first-order chi connectivity index (χ1) is 16.2. The van der Waals surface area contributed by atoms with Crippen LogP contribution in [0.15, 0.2) is 35.3 Å². The zero-order chi connectivity index (χ0) is 25.1. The number of amides is 4. The van der Waals surface area contributed by atoms with Crippen molar-refractivity contribution in [2.45, 2.75) is 57.3 Å². The molecule has 0 spiro atoms. The number of nitrogens with one attached hydrogen (secondary N) is 2. The largest absolute Gasteiger partial charge is 0.444 e. The van der Waals surface area contributed by atoms with E-state index in [0.29, 0.717) is 25.7 Å². The minimum atomic E-state index is -1.09. The third-order valence-electron chi connectivity index (χ3n) is 5.13. The number of halogens is 1. The molecule has 13 heteroatoms. The number of imide groups is 1. The van der Waals surface area contributed by atoms with Crippen molar-refractivity contribution in [3.63, 3.8) is 0 Å². The molecule has 6 N–H and O–H groups in total. The van der Waals surface area contributed by atoms with Crippen LogP contribution in [0.2, 0.25) is 0 Å². The second-order valence-electron chi connectivity index (χ2n) is 7.79. The molecule has 0 unspecified atom stereocenters. The van der Waals surface area contributed by atoms with E-state index < -0.39 is 41.9 Å². The molecule has 1 heterocycles. The monoisotopic (exact) mass is 510 g/mol. The first-order valence-electron chi connectivity index (χ1n) is 10.9. The lowest BCUT2D eigenvalue weighted by atomic mass is 10.1. The summed E-state index contributed by atoms with van der Waals surface area (Å²) in [4.78, 5) is 65.7. The maximum atomic E-state index is 12.7. The van der Waals surface area contributed by atoms with E-state index in [2.05, 4.69) is 15.6 Å². The highest BCUT2D eigenvalue weighted by molar-refractivity contribution is 6.01. The standard InChI is InChI=1S/C22H30N6O6.ClH/c1-14(19(31)27-16(12-29)8-5-11-25-21(23)24)26-20(32)17-9-10-18(30)28(17)22(33)34-13-15-6-3-2-4-7-15;/h2-4,6-7,12,14,16-17H,5,8-11,13H2,1H3,(H,26,32)(H,27,31)(H4,23,24,25);1H/t14-,16-,17-;/m0./s1. The van der Waals surface area contributed by atoms with Crippen molar-refractivity contribution in [1.29, 1.82) is 0 Å². The molecule has 1 aromatic rings. The topological polar surface area (TPSA) is 186 Å². The van der Waals surface area contributed by atoms with E-state index in [0.717, 1.165) is 10.5 Å². The zero-order valence-corrected chi connectivity index (χ0v) is 20.2. The highest BCUT2D eigenvalue weighted by Gasteiger charge is 2.42. The molecule has 12 nitrogen and oxygen atoms in total. The van der Waals surface area contributed by atoms with Crippen LogP contribution >= 0.6 is 12.4 Å². The lowest BCUT2D eigenvalue weighted by Crippen LogP contribution is -2.54. The van der Waals surface area contributed by atoms with Gasteiger partial charge in [-0.25, -0.2) is 9.69 Å². The Kier molecular flexibility index (Phi) is 12.2. The summed E-state index contributed by atoms with van der Waals surface area (Å²) >= 11 is 0. The smallest absolute Gasteiger partial charge is 0.417 e. The average Bonchev–Trinajstić information content (AvgIpc) is 3.21. The molecule has 35 heavy (non-hydrogen) atoms. The van der Waals surface area contributed by atoms with Gasteiger partial charge in [-0.1, -0.05) is 30.3 Å². The number of hydrogen-bond acceptors (Lipinski definition) is 7. The minimum absolute atomic E-state index is 0. The number of nitrogens with two attached hydrogens (primary N) is 2. The molecule has 1 saturated heterocycles. The van der Waals surface area contributed by atoms with Crippen LogP contribution in [0, 0.1) is 0 Å². The Morgan fingerprint density at radius 1 is 1.23 bits per heavy atom. The van der Waals surface area contributed by atoms with Crippen LogP contribution in [0.5, 0.6) is 0 Å². The Morgan fingerprint density at radius 2 is 1.91 bits per heavy atom. The van der Waals surface area contributed by atoms with Crippen molar-refractivity contribution in [2.75, 3.05) is 6.54 Å². The molecule has 3 atom stereocenters. The number of nitrogens with zero attached hydrogens (tertiary/aromatic N) is 2. The third kappa shape index (κ3) is 9.24. The molecule has 0 radical (unpaired) electrons. The lowest BCUT2D eigenvalue weighted by molar-refractivity contribution is -0.135. The van der Waals surface area contributed by atoms with Crippen LogP contribution < -0.4 is 22.1 Å². The van der Waals surface area contributed by atoms with Gasteiger partial charge < -0.3 is 31.6 Å². The van der Waals surface area contributed by atoms with Gasteiger partial charge in [0.2, 0.25) is 17.7 Å². The molecule has 0 bridgehead atoms. The number of rotatable bonds is 11. The summed E-state index contributed by atoms with van der Waals surface area (Å²) < 4.78 is 5.19. The molecule has 1 fully saturated rings. The van der Waals surface area contributed by atoms with Crippen molar-refractivity contribution in [2.24, 2.45) is 16.5 Å². The van der Waals surface area contributed by atoms with Crippen molar-refractivity contribution in [3.8, 4) is 0 Å². The number of benzene rings is 1. The van der Waals surface area contributed by atoms with Crippen LogP contribution in [0.4, 0.5) is 4.79 Å². The van der Waals surface area contributed by atoms with E-state index in [-0.39, 0.29) is 37.8 Å². The number of likely N-dealkylation sites (tertiary alicyclic amines) is 1. The normalized spacial score (nSPS) is 16.3. The van der Waals surface area contributed by atoms with Gasteiger partial charge in [0.25, 0.3) is 0 Å². The molecule has 0 aliphatic carbocycles. The summed E-state index contributed by atoms with van der Waals surface area (Å²) in [7, 11) is 0. The highest BCUT2D eigenvalue weighted by Crippen LogP contribution is 2.21. The molecule has 2 rings (SSSR count). The number of carbonyl (C=O) groups is 5. The summed E-state index contributed by atoms with van der Waals surface area (Å²) in [5, 5.41) is 5.02. The zero-order valence-electron chi connectivity index (χ0n) is 19.3. The quantitative estimate of drug-likeness (QED) is 0.138. The molecule has 1 aliphatic rings. The van der Waals surface area contributed by atoms with Crippen molar-refractivity contribution in [3.05, 3.63) is 35.9 Å². The highest BCUT2D eigenvalue weighted by atomic mass is 35.5. The molecule has 1 aliphatic heterocycles. The van der Waals surface area contributed by atoms with E-state index in [1.807, 2.05) is 6.07 Å². The second-order valence-corrected chi connectivity index (χ2v) is 7.79. The fourth-order valence-corrected chi connectivity index (χ4v) is 3.33. The number of hydrogen-bond donors (Lipinski definition) is 4. The van der Waals surface area contributed by atoms with Gasteiger partial charge in [-0.3, -0.25) is 19.4 Å². The van der Waals surface area contributed by atoms with Gasteiger partial charge in [0.1, 0.15) is 25.0 Å². The van der Waals surface area contributed by atoms with Crippen LogP contribution in [-0.4, -0.2) is 65.6 Å². The van der Waals surface area contributed by atoms with Gasteiger partial charge >= 0.3 is 6.09 Å². The van der Waals surface area contributed by atoms with E-state index in [1.165, 1.54) is 6.92 Å². The summed E-state index contributed by atoms with van der Waals surface area (Å²) in [5.41, 5.74) is 11.2. The number of aldehydes is 1. The predicted octanol–water partition coefficient (Wildman–Crippen LogP) is -0.0220. The molecule has 1 aromatic carbocycles. The molecule has 0 aromatic heterocycles. The Balaban J connectivity index is 0.00000612. The van der Waals surface area contributed by atoms with Crippen molar-refractivity contribution < 1.29 is 28.7 Å². The molecular weight excluding hydrogens is 480 g/mol. The Hall–Kier alpha value is -3.67. The maximum absolute atomic E-state index is 12.7. The van der Waals surface area contributed by atoms with Crippen LogP contribution in [-0.2, 0) is 30.5 Å². The predicted molar refractivity (Wildman–Crippen MR) is 129 cm³/mol. The van der Waals surface area contributed by atoms with Gasteiger partial charge in [-0.15, -0.1) is 12.4 Å². The summed E-state index contributed by atoms with van der Waals surface area (Å²) in [6.45, 7) is 1.69. The Morgan fingerprint density at radius 3 is 2.54 bits per heavy atom. The number of carbonyl (C=O) groups excluding carboxylic acids is 5.